The molecule has 114 valence electrons. The molecule has 1 aromatic rings. The molecule has 2 heteroatoms. The van der Waals surface area contributed by atoms with Gasteiger partial charge in [0.2, 0.25) is 0 Å². The van der Waals surface area contributed by atoms with Gasteiger partial charge in [-0.3, -0.25) is 0 Å². The van der Waals surface area contributed by atoms with Gasteiger partial charge in [-0.2, -0.15) is 0 Å². The Morgan fingerprint density at radius 3 is 2.45 bits per heavy atom. The highest BCUT2D eigenvalue weighted by molar-refractivity contribution is 5.14. The van der Waals surface area contributed by atoms with Crippen LogP contribution in [-0.4, -0.2) is 25.3 Å². The maximum Gasteiger partial charge on any atom is 0.0623 e. The quantitative estimate of drug-likeness (QED) is 0.692. The van der Waals surface area contributed by atoms with Crippen molar-refractivity contribution in [3.8, 4) is 0 Å². The first kappa shape index (κ1) is 17.2. The van der Waals surface area contributed by atoms with Crippen LogP contribution in [0.4, 0.5) is 0 Å². The van der Waals surface area contributed by atoms with Crippen molar-refractivity contribution in [3.05, 3.63) is 35.9 Å². The van der Waals surface area contributed by atoms with Gasteiger partial charge in [-0.15, -0.1) is 0 Å². The number of rotatable bonds is 10. The van der Waals surface area contributed by atoms with Gasteiger partial charge in [-0.25, -0.2) is 0 Å². The number of benzene rings is 1. The van der Waals surface area contributed by atoms with Crippen molar-refractivity contribution < 1.29 is 4.74 Å². The van der Waals surface area contributed by atoms with Crippen LogP contribution in [-0.2, 0) is 11.2 Å². The summed E-state index contributed by atoms with van der Waals surface area (Å²) in [6.45, 7) is 7.56. The Balaban J connectivity index is 2.31. The molecule has 0 saturated heterocycles. The summed E-state index contributed by atoms with van der Waals surface area (Å²) in [4.78, 5) is 0. The van der Waals surface area contributed by atoms with Crippen molar-refractivity contribution in [1.82, 2.24) is 5.32 Å². The fourth-order valence-corrected chi connectivity index (χ4v) is 2.46. The van der Waals surface area contributed by atoms with Crippen LogP contribution in [0, 0.1) is 0 Å². The van der Waals surface area contributed by atoms with Crippen LogP contribution in [0.15, 0.2) is 30.3 Å². The normalized spacial score (nSPS) is 13.4. The summed E-state index contributed by atoms with van der Waals surface area (Å²) in [6.07, 6.45) is 5.95. The average molecular weight is 277 g/mol. The number of nitrogens with one attached hydrogen (secondary N) is 1. The molecule has 20 heavy (non-hydrogen) atoms. The Labute approximate surface area is 124 Å². The van der Waals surface area contributed by atoms with E-state index in [1.54, 1.807) is 7.11 Å². The van der Waals surface area contributed by atoms with E-state index in [0.29, 0.717) is 6.04 Å². The van der Waals surface area contributed by atoms with Gasteiger partial charge in [0.25, 0.3) is 0 Å². The van der Waals surface area contributed by atoms with Crippen molar-refractivity contribution in [1.29, 1.82) is 0 Å². The lowest BCUT2D eigenvalue weighted by Gasteiger charge is -2.26. The van der Waals surface area contributed by atoms with Crippen LogP contribution >= 0.6 is 0 Å². The maximum atomic E-state index is 5.51. The van der Waals surface area contributed by atoms with E-state index < -0.39 is 0 Å². The van der Waals surface area contributed by atoms with E-state index >= 15 is 0 Å². The molecular formula is C18H31NO. The van der Waals surface area contributed by atoms with E-state index in [9.17, 15) is 0 Å². The SMILES string of the molecule is CCNC(CCCc1ccccc1)CCC(C)(C)OC. The topological polar surface area (TPSA) is 21.3 Å². The summed E-state index contributed by atoms with van der Waals surface area (Å²) in [7, 11) is 1.80. The number of aryl methyl sites for hydroxylation is 1. The first-order chi connectivity index (χ1) is 9.57. The molecule has 0 amide bonds. The van der Waals surface area contributed by atoms with Crippen molar-refractivity contribution in [2.24, 2.45) is 0 Å². The average Bonchev–Trinajstić information content (AvgIpc) is 2.46. The number of ether oxygens (including phenoxy) is 1. The molecule has 0 aliphatic carbocycles. The van der Waals surface area contributed by atoms with Gasteiger partial charge in [0, 0.05) is 13.2 Å². The summed E-state index contributed by atoms with van der Waals surface area (Å²) in [6, 6.07) is 11.4. The highest BCUT2D eigenvalue weighted by Gasteiger charge is 2.18. The molecule has 0 saturated carbocycles. The first-order valence-electron chi connectivity index (χ1n) is 7.90. The van der Waals surface area contributed by atoms with Gasteiger partial charge in [0.1, 0.15) is 0 Å². The largest absolute Gasteiger partial charge is 0.379 e. The van der Waals surface area contributed by atoms with Crippen molar-refractivity contribution >= 4 is 0 Å². The van der Waals surface area contributed by atoms with Gasteiger partial charge in [0.05, 0.1) is 5.60 Å². The number of hydrogen-bond acceptors (Lipinski definition) is 2. The molecule has 1 unspecified atom stereocenters. The highest BCUT2D eigenvalue weighted by atomic mass is 16.5. The van der Waals surface area contributed by atoms with Crippen LogP contribution in [0.25, 0.3) is 0 Å². The zero-order valence-corrected chi connectivity index (χ0v) is 13.6. The van der Waals surface area contributed by atoms with Gasteiger partial charge in [-0.05, 0) is 58.1 Å². The molecule has 0 aliphatic rings. The zero-order valence-electron chi connectivity index (χ0n) is 13.6. The summed E-state index contributed by atoms with van der Waals surface area (Å²) in [5, 5.41) is 3.61. The molecule has 0 bridgehead atoms. The van der Waals surface area contributed by atoms with Gasteiger partial charge < -0.3 is 10.1 Å². The Bertz CT molecular complexity index is 348. The molecule has 0 fully saturated rings. The van der Waals surface area contributed by atoms with Crippen LogP contribution in [0.1, 0.15) is 52.0 Å². The zero-order chi connectivity index (χ0) is 14.8. The van der Waals surface area contributed by atoms with E-state index in [-0.39, 0.29) is 5.60 Å². The molecule has 1 N–H and O–H groups in total. The minimum Gasteiger partial charge on any atom is -0.379 e. The van der Waals surface area contributed by atoms with Crippen LogP contribution in [0.2, 0.25) is 0 Å². The Hall–Kier alpha value is -0.860. The fourth-order valence-electron chi connectivity index (χ4n) is 2.46. The van der Waals surface area contributed by atoms with Crippen LogP contribution < -0.4 is 5.32 Å². The molecule has 1 aromatic carbocycles. The third-order valence-electron chi connectivity index (χ3n) is 4.00. The standard InChI is InChI=1S/C18H31NO/c1-5-19-17(14-15-18(2,3)20-4)13-9-12-16-10-7-6-8-11-16/h6-8,10-11,17,19H,5,9,12-15H2,1-4H3. The number of hydrogen-bond donors (Lipinski definition) is 1. The second kappa shape index (κ2) is 9.15. The van der Waals surface area contributed by atoms with Crippen LogP contribution in [0.5, 0.6) is 0 Å². The minimum atomic E-state index is -0.00684. The predicted molar refractivity (Wildman–Crippen MR) is 87.2 cm³/mol. The third-order valence-corrected chi connectivity index (χ3v) is 4.00. The molecule has 1 atom stereocenters. The third kappa shape index (κ3) is 7.06. The Morgan fingerprint density at radius 2 is 1.85 bits per heavy atom. The fraction of sp³-hybridized carbons (Fsp3) is 0.667. The smallest absolute Gasteiger partial charge is 0.0623 e. The first-order valence-corrected chi connectivity index (χ1v) is 7.90. The van der Waals surface area contributed by atoms with Gasteiger partial charge >= 0.3 is 0 Å². The van der Waals surface area contributed by atoms with E-state index in [4.69, 9.17) is 4.74 Å². The summed E-state index contributed by atoms with van der Waals surface area (Å²) in [5.41, 5.74) is 1.44. The van der Waals surface area contributed by atoms with Gasteiger partial charge in [0.15, 0.2) is 0 Å². The monoisotopic (exact) mass is 277 g/mol. The molecule has 0 aromatic heterocycles. The Morgan fingerprint density at radius 1 is 1.15 bits per heavy atom. The summed E-state index contributed by atoms with van der Waals surface area (Å²) in [5.74, 6) is 0. The van der Waals surface area contributed by atoms with E-state index in [0.717, 1.165) is 13.0 Å². The molecule has 2 nitrogen and oxygen atoms in total. The lowest BCUT2D eigenvalue weighted by molar-refractivity contribution is 0.0115. The van der Waals surface area contributed by atoms with E-state index in [2.05, 4.69) is 56.4 Å². The van der Waals surface area contributed by atoms with E-state index in [1.165, 1.54) is 31.2 Å². The lowest BCUT2D eigenvalue weighted by Crippen LogP contribution is -2.32. The van der Waals surface area contributed by atoms with Crippen molar-refractivity contribution in [2.45, 2.75) is 64.5 Å². The van der Waals surface area contributed by atoms with Crippen molar-refractivity contribution in [3.63, 3.8) is 0 Å². The van der Waals surface area contributed by atoms with E-state index in [1.807, 2.05) is 0 Å². The maximum absolute atomic E-state index is 5.51. The Kier molecular flexibility index (Phi) is 7.86. The molecule has 0 aliphatic heterocycles. The summed E-state index contributed by atoms with van der Waals surface area (Å²) < 4.78 is 5.51. The minimum absolute atomic E-state index is 0.00684. The number of methoxy groups -OCH3 is 1. The lowest BCUT2D eigenvalue weighted by atomic mass is 9.95. The molecule has 1 rings (SSSR count). The molecule has 0 radical (unpaired) electrons. The predicted octanol–water partition coefficient (Wildman–Crippen LogP) is 4.19. The molecule has 0 heterocycles. The van der Waals surface area contributed by atoms with Crippen LogP contribution in [0.3, 0.4) is 0 Å². The van der Waals surface area contributed by atoms with Crippen molar-refractivity contribution in [2.75, 3.05) is 13.7 Å². The second-order valence-corrected chi connectivity index (χ2v) is 6.13. The van der Waals surface area contributed by atoms with Gasteiger partial charge in [-0.1, -0.05) is 37.3 Å². The second-order valence-electron chi connectivity index (χ2n) is 6.13. The summed E-state index contributed by atoms with van der Waals surface area (Å²) >= 11 is 0. The molecule has 0 spiro atoms. The highest BCUT2D eigenvalue weighted by Crippen LogP contribution is 2.19. The molecular weight excluding hydrogens is 246 g/mol.